The van der Waals surface area contributed by atoms with Gasteiger partial charge in [-0.15, -0.1) is 0 Å². The first-order chi connectivity index (χ1) is 8.58. The van der Waals surface area contributed by atoms with Gasteiger partial charge in [-0.25, -0.2) is 0 Å². The smallest absolute Gasteiger partial charge is 0.140 e. The van der Waals surface area contributed by atoms with Crippen LogP contribution in [0, 0.1) is 11.8 Å². The summed E-state index contributed by atoms with van der Waals surface area (Å²) in [7, 11) is 0. The van der Waals surface area contributed by atoms with E-state index in [2.05, 4.69) is 31.2 Å². The first-order valence-electron chi connectivity index (χ1n) is 7.30. The van der Waals surface area contributed by atoms with E-state index in [1.165, 1.54) is 25.7 Å². The highest BCUT2D eigenvalue weighted by molar-refractivity contribution is 5.80. The van der Waals surface area contributed by atoms with E-state index in [0.717, 1.165) is 18.3 Å². The Morgan fingerprint density at radius 1 is 1.39 bits per heavy atom. The molecule has 18 heavy (non-hydrogen) atoms. The van der Waals surface area contributed by atoms with Crippen molar-refractivity contribution in [2.24, 2.45) is 22.7 Å². The van der Waals surface area contributed by atoms with Crippen LogP contribution in [0.3, 0.4) is 0 Å². The van der Waals surface area contributed by atoms with Gasteiger partial charge in [0, 0.05) is 18.5 Å². The van der Waals surface area contributed by atoms with Gasteiger partial charge in [0.15, 0.2) is 0 Å². The third-order valence-electron chi connectivity index (χ3n) is 4.20. The van der Waals surface area contributed by atoms with Crippen molar-refractivity contribution < 1.29 is 5.21 Å². The number of hydrogen-bond acceptors (Lipinski definition) is 3. The normalized spacial score (nSPS) is 27.4. The van der Waals surface area contributed by atoms with Gasteiger partial charge in [0.1, 0.15) is 5.84 Å². The maximum Gasteiger partial charge on any atom is 0.140 e. The van der Waals surface area contributed by atoms with Gasteiger partial charge in [0.05, 0.1) is 0 Å². The molecule has 4 nitrogen and oxygen atoms in total. The molecule has 3 atom stereocenters. The molecule has 0 aromatic rings. The predicted octanol–water partition coefficient (Wildman–Crippen LogP) is 2.71. The van der Waals surface area contributed by atoms with E-state index in [4.69, 9.17) is 10.9 Å². The summed E-state index contributed by atoms with van der Waals surface area (Å²) >= 11 is 0. The lowest BCUT2D eigenvalue weighted by Gasteiger charge is -2.37. The molecule has 0 aromatic heterocycles. The minimum atomic E-state index is 0.324. The van der Waals surface area contributed by atoms with E-state index >= 15 is 0 Å². The first kappa shape index (κ1) is 15.3. The van der Waals surface area contributed by atoms with Gasteiger partial charge in [0.25, 0.3) is 0 Å². The van der Waals surface area contributed by atoms with Crippen molar-refractivity contribution in [2.45, 2.75) is 71.4 Å². The molecule has 1 aliphatic rings. The van der Waals surface area contributed by atoms with Crippen molar-refractivity contribution in [1.82, 2.24) is 5.32 Å². The highest BCUT2D eigenvalue weighted by Crippen LogP contribution is 2.30. The number of rotatable bonds is 6. The molecular weight excluding hydrogens is 226 g/mol. The monoisotopic (exact) mass is 255 g/mol. The van der Waals surface area contributed by atoms with Crippen LogP contribution in [0.1, 0.15) is 59.3 Å². The summed E-state index contributed by atoms with van der Waals surface area (Å²) in [6.07, 6.45) is 6.91. The largest absolute Gasteiger partial charge is 0.409 e. The Morgan fingerprint density at radius 3 is 2.61 bits per heavy atom. The third-order valence-corrected chi connectivity index (χ3v) is 4.20. The number of nitrogens with zero attached hydrogens (tertiary/aromatic N) is 1. The summed E-state index contributed by atoms with van der Waals surface area (Å²) in [5, 5.41) is 15.5. The van der Waals surface area contributed by atoms with Crippen molar-refractivity contribution >= 4 is 5.84 Å². The molecule has 1 rings (SSSR count). The zero-order valence-corrected chi connectivity index (χ0v) is 12.0. The Kier molecular flexibility index (Phi) is 6.47. The number of nitrogens with two attached hydrogens (primary N) is 1. The van der Waals surface area contributed by atoms with Gasteiger partial charge >= 0.3 is 0 Å². The Bertz CT molecular complexity index is 266. The molecule has 0 radical (unpaired) electrons. The number of oxime groups is 1. The molecule has 1 fully saturated rings. The molecule has 0 aliphatic heterocycles. The van der Waals surface area contributed by atoms with Gasteiger partial charge in [-0.1, -0.05) is 38.8 Å². The van der Waals surface area contributed by atoms with Gasteiger partial charge < -0.3 is 16.3 Å². The fraction of sp³-hybridized carbons (Fsp3) is 0.929. The Hall–Kier alpha value is -0.770. The highest BCUT2D eigenvalue weighted by atomic mass is 16.4. The van der Waals surface area contributed by atoms with Crippen LogP contribution < -0.4 is 11.1 Å². The average molecular weight is 255 g/mol. The highest BCUT2D eigenvalue weighted by Gasteiger charge is 2.28. The van der Waals surface area contributed by atoms with Crippen molar-refractivity contribution in [2.75, 3.05) is 0 Å². The minimum absolute atomic E-state index is 0.324. The lowest BCUT2D eigenvalue weighted by Crippen LogP contribution is -2.47. The Labute approximate surface area is 111 Å². The van der Waals surface area contributed by atoms with Crippen LogP contribution in [-0.2, 0) is 0 Å². The summed E-state index contributed by atoms with van der Waals surface area (Å²) in [5.41, 5.74) is 5.61. The molecule has 0 spiro atoms. The molecular formula is C14H29N3O. The van der Waals surface area contributed by atoms with Gasteiger partial charge in [-0.3, -0.25) is 0 Å². The molecule has 3 unspecified atom stereocenters. The average Bonchev–Trinajstić information content (AvgIpc) is 2.38. The maximum atomic E-state index is 8.66. The number of nitrogens with one attached hydrogen (secondary N) is 1. The van der Waals surface area contributed by atoms with Crippen molar-refractivity contribution in [3.05, 3.63) is 0 Å². The molecule has 1 saturated carbocycles. The SMILES string of the molecule is CCC(CC(N)=NO)NC1CCCCC1C(C)C. The van der Waals surface area contributed by atoms with E-state index in [-0.39, 0.29) is 0 Å². The summed E-state index contributed by atoms with van der Waals surface area (Å²) in [5.74, 6) is 1.82. The second kappa shape index (κ2) is 7.62. The van der Waals surface area contributed by atoms with Crippen molar-refractivity contribution in [3.63, 3.8) is 0 Å². The van der Waals surface area contributed by atoms with E-state index < -0.39 is 0 Å². The van der Waals surface area contributed by atoms with Crippen LogP contribution >= 0.6 is 0 Å². The molecule has 0 amide bonds. The Morgan fingerprint density at radius 2 is 2.06 bits per heavy atom. The molecule has 0 heterocycles. The summed E-state index contributed by atoms with van der Waals surface area (Å²) in [6, 6.07) is 0.917. The molecule has 4 N–H and O–H groups in total. The number of amidine groups is 1. The summed E-state index contributed by atoms with van der Waals surface area (Å²) in [4.78, 5) is 0. The molecule has 4 heteroatoms. The van der Waals surface area contributed by atoms with Crippen LogP contribution in [0.15, 0.2) is 5.16 Å². The predicted molar refractivity (Wildman–Crippen MR) is 75.8 cm³/mol. The van der Waals surface area contributed by atoms with E-state index in [0.29, 0.717) is 24.3 Å². The lowest BCUT2D eigenvalue weighted by atomic mass is 9.77. The molecule has 0 aromatic carbocycles. The third kappa shape index (κ3) is 4.48. The van der Waals surface area contributed by atoms with E-state index in [1.807, 2.05) is 0 Å². The number of hydrogen-bond donors (Lipinski definition) is 3. The second-order valence-corrected chi connectivity index (χ2v) is 5.87. The van der Waals surface area contributed by atoms with Crippen LogP contribution in [0.2, 0.25) is 0 Å². The van der Waals surface area contributed by atoms with E-state index in [9.17, 15) is 0 Å². The Balaban J connectivity index is 2.55. The zero-order chi connectivity index (χ0) is 13.5. The summed E-state index contributed by atoms with van der Waals surface area (Å²) < 4.78 is 0. The molecule has 0 saturated heterocycles. The van der Waals surface area contributed by atoms with Gasteiger partial charge in [-0.2, -0.15) is 0 Å². The minimum Gasteiger partial charge on any atom is -0.409 e. The zero-order valence-electron chi connectivity index (χ0n) is 12.0. The molecule has 1 aliphatic carbocycles. The standard InChI is InChI=1S/C14H29N3O/c1-4-11(9-14(15)17-18)16-13-8-6-5-7-12(13)10(2)3/h10-13,16,18H,4-9H2,1-3H3,(H2,15,17). The first-order valence-corrected chi connectivity index (χ1v) is 7.30. The van der Waals surface area contributed by atoms with E-state index in [1.54, 1.807) is 0 Å². The van der Waals surface area contributed by atoms with Crippen molar-refractivity contribution in [1.29, 1.82) is 0 Å². The topological polar surface area (TPSA) is 70.6 Å². The lowest BCUT2D eigenvalue weighted by molar-refractivity contribution is 0.191. The fourth-order valence-corrected chi connectivity index (χ4v) is 3.08. The van der Waals surface area contributed by atoms with Crippen LogP contribution in [-0.4, -0.2) is 23.1 Å². The molecule has 106 valence electrons. The van der Waals surface area contributed by atoms with Crippen molar-refractivity contribution in [3.8, 4) is 0 Å². The van der Waals surface area contributed by atoms with Crippen LogP contribution in [0.25, 0.3) is 0 Å². The molecule has 0 bridgehead atoms. The van der Waals surface area contributed by atoms with Crippen LogP contribution in [0.4, 0.5) is 0 Å². The summed E-state index contributed by atoms with van der Waals surface area (Å²) in [6.45, 7) is 6.78. The quantitative estimate of drug-likeness (QED) is 0.296. The second-order valence-electron chi connectivity index (χ2n) is 5.87. The van der Waals surface area contributed by atoms with Gasteiger partial charge in [-0.05, 0) is 31.1 Å². The fourth-order valence-electron chi connectivity index (χ4n) is 3.08. The van der Waals surface area contributed by atoms with Crippen LogP contribution in [0.5, 0.6) is 0 Å². The van der Waals surface area contributed by atoms with Gasteiger partial charge in [0.2, 0.25) is 0 Å². The maximum absolute atomic E-state index is 8.66.